The molecule has 3 aromatic rings. The average molecular weight is 361 g/mol. The molecule has 1 aliphatic rings. The molecule has 0 bridgehead atoms. The summed E-state index contributed by atoms with van der Waals surface area (Å²) < 4.78 is 0. The van der Waals surface area contributed by atoms with Crippen LogP contribution < -0.4 is 4.90 Å². The van der Waals surface area contributed by atoms with Crippen LogP contribution in [-0.2, 0) is 10.9 Å². The highest BCUT2D eigenvalue weighted by molar-refractivity contribution is 7.97. The van der Waals surface area contributed by atoms with Crippen LogP contribution in [0.1, 0.15) is 24.0 Å². The molecule has 0 saturated carbocycles. The molecule has 0 radical (unpaired) electrons. The minimum absolute atomic E-state index is 0.473. The Balaban J connectivity index is 1.75. The SMILES string of the molecule is Cc1cccc(N(c2ccc([S+]3CCCC3)cc2)c2cccc(C)c2)c1. The van der Waals surface area contributed by atoms with Gasteiger partial charge < -0.3 is 4.90 Å². The van der Waals surface area contributed by atoms with Gasteiger partial charge in [0.05, 0.1) is 0 Å². The Morgan fingerprint density at radius 1 is 0.654 bits per heavy atom. The summed E-state index contributed by atoms with van der Waals surface area (Å²) in [7, 11) is 0.473. The summed E-state index contributed by atoms with van der Waals surface area (Å²) in [5, 5.41) is 0. The van der Waals surface area contributed by atoms with Crippen molar-refractivity contribution >= 4 is 28.0 Å². The second-order valence-electron chi connectivity index (χ2n) is 7.12. The molecule has 0 aliphatic carbocycles. The molecule has 0 unspecified atom stereocenters. The summed E-state index contributed by atoms with van der Waals surface area (Å²) in [6.07, 6.45) is 2.78. The lowest BCUT2D eigenvalue weighted by atomic mass is 10.1. The normalized spacial score (nSPS) is 14.5. The largest absolute Gasteiger partial charge is 0.310 e. The Labute approximate surface area is 160 Å². The van der Waals surface area contributed by atoms with E-state index in [1.807, 2.05) is 0 Å². The standard InChI is InChI=1S/C24H26NS/c1-19-7-5-9-22(17-19)25(23-10-6-8-20(2)18-23)21-11-13-24(14-12-21)26-15-3-4-16-26/h5-14,17-18H,3-4,15-16H2,1-2H3/q+1. The first-order valence-electron chi connectivity index (χ1n) is 9.42. The van der Waals surface area contributed by atoms with Gasteiger partial charge in [-0.2, -0.15) is 0 Å². The average Bonchev–Trinajstić information content (AvgIpc) is 3.17. The first kappa shape index (κ1) is 17.2. The van der Waals surface area contributed by atoms with Crippen LogP contribution in [0.4, 0.5) is 17.1 Å². The first-order chi connectivity index (χ1) is 12.7. The van der Waals surface area contributed by atoms with Gasteiger partial charge in [-0.05, 0) is 86.3 Å². The molecule has 3 aromatic carbocycles. The van der Waals surface area contributed by atoms with Gasteiger partial charge in [0, 0.05) is 28.0 Å². The summed E-state index contributed by atoms with van der Waals surface area (Å²) in [6, 6.07) is 26.8. The molecule has 0 aromatic heterocycles. The van der Waals surface area contributed by atoms with E-state index in [4.69, 9.17) is 0 Å². The summed E-state index contributed by atoms with van der Waals surface area (Å²) >= 11 is 0. The molecule has 1 heterocycles. The molecule has 4 rings (SSSR count). The number of benzene rings is 3. The molecule has 1 saturated heterocycles. The maximum Gasteiger partial charge on any atom is 0.155 e. The van der Waals surface area contributed by atoms with Crippen molar-refractivity contribution in [2.24, 2.45) is 0 Å². The molecule has 0 spiro atoms. The summed E-state index contributed by atoms with van der Waals surface area (Å²) in [6.45, 7) is 4.31. The zero-order chi connectivity index (χ0) is 17.9. The minimum atomic E-state index is 0.473. The quantitative estimate of drug-likeness (QED) is 0.477. The van der Waals surface area contributed by atoms with Gasteiger partial charge in [0.15, 0.2) is 4.90 Å². The fourth-order valence-electron chi connectivity index (χ4n) is 3.66. The lowest BCUT2D eigenvalue weighted by Crippen LogP contribution is -2.11. The highest BCUT2D eigenvalue weighted by atomic mass is 32.2. The van der Waals surface area contributed by atoms with E-state index in [-0.39, 0.29) is 0 Å². The van der Waals surface area contributed by atoms with Crippen molar-refractivity contribution < 1.29 is 0 Å². The van der Waals surface area contributed by atoms with Crippen molar-refractivity contribution in [3.05, 3.63) is 83.9 Å². The predicted octanol–water partition coefficient (Wildman–Crippen LogP) is 6.54. The number of hydrogen-bond acceptors (Lipinski definition) is 1. The van der Waals surface area contributed by atoms with Gasteiger partial charge in [0.1, 0.15) is 11.5 Å². The zero-order valence-corrected chi connectivity index (χ0v) is 16.4. The van der Waals surface area contributed by atoms with E-state index in [1.165, 1.54) is 57.4 Å². The number of anilines is 3. The Bertz CT molecular complexity index is 833. The van der Waals surface area contributed by atoms with Gasteiger partial charge in [-0.25, -0.2) is 0 Å². The lowest BCUT2D eigenvalue weighted by molar-refractivity contribution is 0.949. The first-order valence-corrected chi connectivity index (χ1v) is 11.0. The highest BCUT2D eigenvalue weighted by Gasteiger charge is 2.26. The third-order valence-corrected chi connectivity index (χ3v) is 7.48. The minimum Gasteiger partial charge on any atom is -0.310 e. The van der Waals surface area contributed by atoms with E-state index in [2.05, 4.69) is 91.5 Å². The molecule has 1 fully saturated rings. The van der Waals surface area contributed by atoms with E-state index in [1.54, 1.807) is 0 Å². The molecular formula is C24H26NS+. The monoisotopic (exact) mass is 360 g/mol. The van der Waals surface area contributed by atoms with Crippen molar-refractivity contribution in [2.75, 3.05) is 16.4 Å². The van der Waals surface area contributed by atoms with E-state index < -0.39 is 0 Å². The molecule has 0 atom stereocenters. The van der Waals surface area contributed by atoms with Gasteiger partial charge in [0.2, 0.25) is 0 Å². The molecule has 26 heavy (non-hydrogen) atoms. The molecule has 0 amide bonds. The molecule has 1 nitrogen and oxygen atoms in total. The van der Waals surface area contributed by atoms with Crippen molar-refractivity contribution in [3.8, 4) is 0 Å². The van der Waals surface area contributed by atoms with E-state index in [9.17, 15) is 0 Å². The Morgan fingerprint density at radius 3 is 1.69 bits per heavy atom. The third kappa shape index (κ3) is 3.66. The molecule has 1 aliphatic heterocycles. The lowest BCUT2D eigenvalue weighted by Gasteiger charge is -2.26. The summed E-state index contributed by atoms with van der Waals surface area (Å²) in [5.74, 6) is 2.75. The zero-order valence-electron chi connectivity index (χ0n) is 15.6. The van der Waals surface area contributed by atoms with Crippen LogP contribution in [-0.4, -0.2) is 11.5 Å². The Morgan fingerprint density at radius 2 is 1.19 bits per heavy atom. The van der Waals surface area contributed by atoms with Crippen LogP contribution in [0, 0.1) is 13.8 Å². The second kappa shape index (κ2) is 7.59. The number of rotatable bonds is 4. The van der Waals surface area contributed by atoms with Crippen LogP contribution in [0.3, 0.4) is 0 Å². The van der Waals surface area contributed by atoms with E-state index in [0.29, 0.717) is 10.9 Å². The topological polar surface area (TPSA) is 3.24 Å². The Hall–Kier alpha value is -2.19. The van der Waals surface area contributed by atoms with Crippen molar-refractivity contribution in [1.29, 1.82) is 0 Å². The fraction of sp³-hybridized carbons (Fsp3) is 0.250. The number of hydrogen-bond donors (Lipinski definition) is 0. The fourth-order valence-corrected chi connectivity index (χ4v) is 5.96. The number of aryl methyl sites for hydroxylation is 2. The maximum atomic E-state index is 2.36. The van der Waals surface area contributed by atoms with Gasteiger partial charge in [-0.1, -0.05) is 24.3 Å². The predicted molar refractivity (Wildman–Crippen MR) is 115 cm³/mol. The van der Waals surface area contributed by atoms with E-state index in [0.717, 1.165) is 0 Å². The van der Waals surface area contributed by atoms with Crippen molar-refractivity contribution in [1.82, 2.24) is 0 Å². The van der Waals surface area contributed by atoms with Crippen LogP contribution in [0.25, 0.3) is 0 Å². The van der Waals surface area contributed by atoms with Gasteiger partial charge >= 0.3 is 0 Å². The van der Waals surface area contributed by atoms with Crippen LogP contribution in [0.15, 0.2) is 77.7 Å². The Kier molecular flexibility index (Phi) is 5.03. The van der Waals surface area contributed by atoms with Crippen LogP contribution in [0.2, 0.25) is 0 Å². The van der Waals surface area contributed by atoms with Gasteiger partial charge in [0.25, 0.3) is 0 Å². The van der Waals surface area contributed by atoms with E-state index >= 15 is 0 Å². The highest BCUT2D eigenvalue weighted by Crippen LogP contribution is 2.36. The maximum absolute atomic E-state index is 2.36. The second-order valence-corrected chi connectivity index (χ2v) is 9.39. The van der Waals surface area contributed by atoms with Gasteiger partial charge in [-0.15, -0.1) is 0 Å². The summed E-state index contributed by atoms with van der Waals surface area (Å²) in [5.41, 5.74) is 6.22. The molecule has 0 N–H and O–H groups in total. The van der Waals surface area contributed by atoms with Crippen molar-refractivity contribution in [2.45, 2.75) is 31.6 Å². The smallest absolute Gasteiger partial charge is 0.155 e. The summed E-state index contributed by atoms with van der Waals surface area (Å²) in [4.78, 5) is 3.89. The molecule has 132 valence electrons. The van der Waals surface area contributed by atoms with Crippen LogP contribution in [0.5, 0.6) is 0 Å². The molecule has 2 heteroatoms. The number of nitrogens with zero attached hydrogens (tertiary/aromatic N) is 1. The van der Waals surface area contributed by atoms with Gasteiger partial charge in [-0.3, -0.25) is 0 Å². The van der Waals surface area contributed by atoms with Crippen LogP contribution >= 0.6 is 0 Å². The third-order valence-electron chi connectivity index (χ3n) is 4.98. The molecular weight excluding hydrogens is 334 g/mol. The van der Waals surface area contributed by atoms with Crippen molar-refractivity contribution in [3.63, 3.8) is 0 Å².